The number of nitrogen functional groups attached to an aromatic ring is 1. The number of imidazole rings is 1. The van der Waals surface area contributed by atoms with Crippen molar-refractivity contribution in [2.45, 2.75) is 56.3 Å². The Morgan fingerprint density at radius 2 is 2.03 bits per heavy atom. The highest BCUT2D eigenvalue weighted by Crippen LogP contribution is 2.41. The molecule has 3 N–H and O–H groups in total. The summed E-state index contributed by atoms with van der Waals surface area (Å²) in [7, 11) is 0. The second kappa shape index (κ2) is 8.46. The third-order valence-corrected chi connectivity index (χ3v) is 5.87. The molecule has 8 nitrogen and oxygen atoms in total. The molecule has 1 aromatic carbocycles. The molecule has 3 aromatic rings. The van der Waals surface area contributed by atoms with Gasteiger partial charge < -0.3 is 25.1 Å². The molecule has 0 aliphatic carbocycles. The SMILES string of the molecule is CCc1cc2c(cc1Sc1nc3c(N)ncnc3n1CCCNC(C)C)OCO2. The van der Waals surface area contributed by atoms with Gasteiger partial charge in [-0.05, 0) is 37.1 Å². The quantitative estimate of drug-likeness (QED) is 0.542. The zero-order chi connectivity index (χ0) is 20.4. The average molecular weight is 415 g/mol. The van der Waals surface area contributed by atoms with Crippen molar-refractivity contribution in [3.63, 3.8) is 0 Å². The number of benzene rings is 1. The number of aromatic nitrogens is 4. The number of anilines is 1. The van der Waals surface area contributed by atoms with Crippen LogP contribution in [0, 0.1) is 0 Å². The number of hydrogen-bond acceptors (Lipinski definition) is 8. The molecule has 0 bridgehead atoms. The van der Waals surface area contributed by atoms with E-state index in [1.165, 1.54) is 11.9 Å². The number of aryl methyl sites for hydroxylation is 2. The third-order valence-electron chi connectivity index (χ3n) is 4.77. The Hall–Kier alpha value is -2.52. The van der Waals surface area contributed by atoms with Crippen LogP contribution in [0.1, 0.15) is 32.8 Å². The number of hydrogen-bond donors (Lipinski definition) is 2. The van der Waals surface area contributed by atoms with Crippen molar-refractivity contribution < 1.29 is 9.47 Å². The van der Waals surface area contributed by atoms with E-state index < -0.39 is 0 Å². The molecule has 0 unspecified atom stereocenters. The second-order valence-corrected chi connectivity index (χ2v) is 8.22. The van der Waals surface area contributed by atoms with Crippen molar-refractivity contribution in [3.8, 4) is 11.5 Å². The normalized spacial score (nSPS) is 13.0. The molecule has 4 rings (SSSR count). The Morgan fingerprint density at radius 1 is 1.24 bits per heavy atom. The van der Waals surface area contributed by atoms with Crippen molar-refractivity contribution in [2.24, 2.45) is 0 Å². The van der Waals surface area contributed by atoms with Crippen molar-refractivity contribution in [2.75, 3.05) is 19.1 Å². The Balaban J connectivity index is 1.68. The standard InChI is InChI=1S/C20H26N6O2S/c1-4-13-8-14-15(28-11-27-14)9-16(13)29-20-25-17-18(21)23-10-24-19(17)26(20)7-5-6-22-12(2)3/h8-10,12,22H,4-7,11H2,1-3H3,(H2,21,23,24). The minimum Gasteiger partial charge on any atom is -0.454 e. The smallest absolute Gasteiger partial charge is 0.231 e. The maximum atomic E-state index is 6.07. The summed E-state index contributed by atoms with van der Waals surface area (Å²) >= 11 is 1.60. The molecule has 0 atom stereocenters. The molecule has 0 fully saturated rings. The molecule has 0 radical (unpaired) electrons. The molecular formula is C20H26N6O2S. The average Bonchev–Trinajstić information content (AvgIpc) is 3.29. The van der Waals surface area contributed by atoms with Crippen LogP contribution in [-0.2, 0) is 13.0 Å². The summed E-state index contributed by atoms with van der Waals surface area (Å²) in [5.74, 6) is 1.97. The van der Waals surface area contributed by atoms with E-state index in [1.807, 2.05) is 6.07 Å². The Morgan fingerprint density at radius 3 is 2.79 bits per heavy atom. The minimum atomic E-state index is 0.264. The molecular weight excluding hydrogens is 388 g/mol. The summed E-state index contributed by atoms with van der Waals surface area (Å²) in [6, 6.07) is 4.55. The molecule has 9 heteroatoms. The monoisotopic (exact) mass is 414 g/mol. The lowest BCUT2D eigenvalue weighted by Crippen LogP contribution is -2.24. The first-order chi connectivity index (χ1) is 14.1. The number of nitrogens with one attached hydrogen (secondary N) is 1. The molecule has 154 valence electrons. The van der Waals surface area contributed by atoms with E-state index in [4.69, 9.17) is 20.2 Å². The van der Waals surface area contributed by atoms with E-state index in [2.05, 4.69) is 46.7 Å². The number of nitrogens with two attached hydrogens (primary N) is 1. The van der Waals surface area contributed by atoms with Crippen LogP contribution in [0.25, 0.3) is 11.2 Å². The molecule has 0 saturated heterocycles. The minimum absolute atomic E-state index is 0.264. The number of rotatable bonds is 8. The zero-order valence-corrected chi connectivity index (χ0v) is 17.8. The molecule has 3 heterocycles. The molecule has 29 heavy (non-hydrogen) atoms. The summed E-state index contributed by atoms with van der Waals surface area (Å²) in [5.41, 5.74) is 8.68. The van der Waals surface area contributed by atoms with Gasteiger partial charge in [0.15, 0.2) is 33.6 Å². The maximum absolute atomic E-state index is 6.07. The first kappa shape index (κ1) is 19.8. The van der Waals surface area contributed by atoms with Crippen LogP contribution in [0.4, 0.5) is 5.82 Å². The largest absolute Gasteiger partial charge is 0.454 e. The lowest BCUT2D eigenvalue weighted by atomic mass is 10.1. The Kier molecular flexibility index (Phi) is 5.77. The van der Waals surface area contributed by atoms with Crippen molar-refractivity contribution in [1.82, 2.24) is 24.8 Å². The van der Waals surface area contributed by atoms with Gasteiger partial charge in [-0.1, -0.05) is 32.5 Å². The van der Waals surface area contributed by atoms with E-state index in [-0.39, 0.29) is 6.79 Å². The van der Waals surface area contributed by atoms with E-state index >= 15 is 0 Å². The van der Waals surface area contributed by atoms with Gasteiger partial charge in [-0.3, -0.25) is 0 Å². The molecule has 1 aliphatic rings. The summed E-state index contributed by atoms with van der Waals surface area (Å²) in [6.45, 7) is 8.40. The Bertz CT molecular complexity index is 1020. The fourth-order valence-electron chi connectivity index (χ4n) is 3.28. The number of ether oxygens (including phenoxy) is 2. The van der Waals surface area contributed by atoms with Gasteiger partial charge in [-0.15, -0.1) is 0 Å². The van der Waals surface area contributed by atoms with Crippen molar-refractivity contribution in [1.29, 1.82) is 0 Å². The van der Waals surface area contributed by atoms with Gasteiger partial charge in [-0.25, -0.2) is 15.0 Å². The first-order valence-corrected chi connectivity index (χ1v) is 10.7. The lowest BCUT2D eigenvalue weighted by Gasteiger charge is -2.12. The highest BCUT2D eigenvalue weighted by Gasteiger charge is 2.20. The van der Waals surface area contributed by atoms with Crippen LogP contribution < -0.4 is 20.5 Å². The molecule has 0 saturated carbocycles. The zero-order valence-electron chi connectivity index (χ0n) is 16.9. The Labute approximate surface area is 174 Å². The van der Waals surface area contributed by atoms with Gasteiger partial charge in [-0.2, -0.15) is 0 Å². The summed E-state index contributed by atoms with van der Waals surface area (Å²) in [5, 5.41) is 4.31. The summed E-state index contributed by atoms with van der Waals surface area (Å²) in [6.07, 6.45) is 3.34. The van der Waals surface area contributed by atoms with Crippen LogP contribution in [0.3, 0.4) is 0 Å². The van der Waals surface area contributed by atoms with Gasteiger partial charge in [0, 0.05) is 17.5 Å². The number of fused-ring (bicyclic) bond motifs is 2. The van der Waals surface area contributed by atoms with Crippen LogP contribution in [0.5, 0.6) is 11.5 Å². The molecule has 1 aliphatic heterocycles. The van der Waals surface area contributed by atoms with E-state index in [0.717, 1.165) is 53.1 Å². The number of nitrogens with zero attached hydrogens (tertiary/aromatic N) is 4. The van der Waals surface area contributed by atoms with E-state index in [9.17, 15) is 0 Å². The van der Waals surface area contributed by atoms with Gasteiger partial charge in [0.1, 0.15) is 6.33 Å². The summed E-state index contributed by atoms with van der Waals surface area (Å²) < 4.78 is 13.2. The summed E-state index contributed by atoms with van der Waals surface area (Å²) in [4.78, 5) is 14.4. The molecule has 0 amide bonds. The van der Waals surface area contributed by atoms with Crippen LogP contribution >= 0.6 is 11.8 Å². The predicted octanol–water partition coefficient (Wildman–Crippen LogP) is 3.24. The fraction of sp³-hybridized carbons (Fsp3) is 0.450. The van der Waals surface area contributed by atoms with Crippen LogP contribution in [-0.4, -0.2) is 38.9 Å². The van der Waals surface area contributed by atoms with Crippen molar-refractivity contribution in [3.05, 3.63) is 24.0 Å². The predicted molar refractivity (Wildman–Crippen MR) is 114 cm³/mol. The van der Waals surface area contributed by atoms with E-state index in [1.54, 1.807) is 11.8 Å². The first-order valence-electron chi connectivity index (χ1n) is 9.87. The maximum Gasteiger partial charge on any atom is 0.231 e. The van der Waals surface area contributed by atoms with Gasteiger partial charge in [0.05, 0.1) is 0 Å². The lowest BCUT2D eigenvalue weighted by molar-refractivity contribution is 0.174. The highest BCUT2D eigenvalue weighted by atomic mass is 32.2. The van der Waals surface area contributed by atoms with Crippen LogP contribution in [0.15, 0.2) is 28.5 Å². The van der Waals surface area contributed by atoms with Gasteiger partial charge in [0.2, 0.25) is 6.79 Å². The topological polar surface area (TPSA) is 100 Å². The highest BCUT2D eigenvalue weighted by molar-refractivity contribution is 7.99. The second-order valence-electron chi connectivity index (χ2n) is 7.21. The van der Waals surface area contributed by atoms with Gasteiger partial charge in [0.25, 0.3) is 0 Å². The fourth-order valence-corrected chi connectivity index (χ4v) is 4.40. The molecule has 2 aromatic heterocycles. The molecule has 0 spiro atoms. The van der Waals surface area contributed by atoms with E-state index in [0.29, 0.717) is 17.4 Å². The van der Waals surface area contributed by atoms with Gasteiger partial charge >= 0.3 is 0 Å². The van der Waals surface area contributed by atoms with Crippen LogP contribution in [0.2, 0.25) is 0 Å². The third kappa shape index (κ3) is 4.11. The van der Waals surface area contributed by atoms with Crippen molar-refractivity contribution >= 4 is 28.7 Å².